The van der Waals surface area contributed by atoms with E-state index >= 15 is 0 Å². The van der Waals surface area contributed by atoms with Crippen molar-refractivity contribution < 1.29 is 14.6 Å². The van der Waals surface area contributed by atoms with Crippen molar-refractivity contribution in [2.24, 2.45) is 0 Å². The molecule has 5 nitrogen and oxygen atoms in total. The minimum absolute atomic E-state index is 0.0632. The average molecular weight is 326 g/mol. The second kappa shape index (κ2) is 7.11. The zero-order valence-corrected chi connectivity index (χ0v) is 13.8. The van der Waals surface area contributed by atoms with Gasteiger partial charge < -0.3 is 14.7 Å². The second-order valence-electron chi connectivity index (χ2n) is 6.10. The van der Waals surface area contributed by atoms with Crippen molar-refractivity contribution in [2.45, 2.75) is 24.5 Å². The van der Waals surface area contributed by atoms with E-state index in [2.05, 4.69) is 4.98 Å². The van der Waals surface area contributed by atoms with Crippen LogP contribution in [-0.2, 0) is 15.1 Å². The lowest BCUT2D eigenvalue weighted by molar-refractivity contribution is -0.147. The summed E-state index contributed by atoms with van der Waals surface area (Å²) in [4.78, 5) is 18.8. The minimum Gasteiger partial charge on any atom is -0.383 e. The molecule has 0 radical (unpaired) electrons. The Morgan fingerprint density at radius 1 is 1.17 bits per heavy atom. The third-order valence-corrected chi connectivity index (χ3v) is 4.61. The number of aromatic nitrogens is 1. The summed E-state index contributed by atoms with van der Waals surface area (Å²) in [6, 6.07) is 15.0. The van der Waals surface area contributed by atoms with Crippen LogP contribution in [0.15, 0.2) is 54.7 Å². The molecule has 1 amide bonds. The molecule has 0 saturated carbocycles. The van der Waals surface area contributed by atoms with Crippen molar-refractivity contribution in [3.8, 4) is 0 Å². The number of carbonyl (C=O) groups is 1. The zero-order chi connectivity index (χ0) is 17.0. The Balaban J connectivity index is 1.69. The molecule has 1 aliphatic rings. The van der Waals surface area contributed by atoms with E-state index in [1.165, 1.54) is 0 Å². The quantitative estimate of drug-likeness (QED) is 0.936. The van der Waals surface area contributed by atoms with Gasteiger partial charge in [0.15, 0.2) is 6.10 Å². The first kappa shape index (κ1) is 16.6. The second-order valence-corrected chi connectivity index (χ2v) is 6.10. The number of rotatable bonds is 4. The van der Waals surface area contributed by atoms with Gasteiger partial charge in [-0.25, -0.2) is 0 Å². The number of methoxy groups -OCH3 is 1. The average Bonchev–Trinajstić information content (AvgIpc) is 2.64. The lowest BCUT2D eigenvalue weighted by atomic mass is 9.87. The first-order chi connectivity index (χ1) is 11.6. The molecule has 1 aromatic carbocycles. The van der Waals surface area contributed by atoms with Gasteiger partial charge in [-0.1, -0.05) is 36.4 Å². The van der Waals surface area contributed by atoms with Crippen LogP contribution < -0.4 is 0 Å². The number of aliphatic hydroxyl groups is 1. The predicted octanol–water partition coefficient (Wildman–Crippen LogP) is 2.28. The Morgan fingerprint density at radius 3 is 2.42 bits per heavy atom. The lowest BCUT2D eigenvalue weighted by Gasteiger charge is -2.38. The third kappa shape index (κ3) is 3.32. The number of amides is 1. The van der Waals surface area contributed by atoms with Gasteiger partial charge in [0, 0.05) is 26.4 Å². The van der Waals surface area contributed by atoms with Gasteiger partial charge in [0.1, 0.15) is 5.60 Å². The van der Waals surface area contributed by atoms with Crippen LogP contribution in [0.3, 0.4) is 0 Å². The standard InChI is InChI=1S/C19H22N2O3/c1-24-17(15-7-3-2-4-8-15)18(22)21-13-10-19(23,11-14-21)16-9-5-6-12-20-16/h2-9,12,17,23H,10-11,13-14H2,1H3/t17-/m1/s1. The van der Waals surface area contributed by atoms with E-state index in [1.807, 2.05) is 48.5 Å². The number of hydrogen-bond donors (Lipinski definition) is 1. The highest BCUT2D eigenvalue weighted by atomic mass is 16.5. The Kier molecular flexibility index (Phi) is 4.92. The minimum atomic E-state index is -0.965. The van der Waals surface area contributed by atoms with Crippen LogP contribution in [0.2, 0.25) is 0 Å². The molecule has 0 spiro atoms. The van der Waals surface area contributed by atoms with E-state index in [1.54, 1.807) is 18.2 Å². The lowest BCUT2D eigenvalue weighted by Crippen LogP contribution is -2.47. The maximum atomic E-state index is 12.8. The maximum Gasteiger partial charge on any atom is 0.256 e. The van der Waals surface area contributed by atoms with Crippen LogP contribution in [-0.4, -0.2) is 41.1 Å². The maximum absolute atomic E-state index is 12.8. The predicted molar refractivity (Wildman–Crippen MR) is 90.1 cm³/mol. The molecule has 1 aliphatic heterocycles. The fourth-order valence-electron chi connectivity index (χ4n) is 3.16. The zero-order valence-electron chi connectivity index (χ0n) is 13.8. The van der Waals surface area contributed by atoms with E-state index in [0.29, 0.717) is 31.6 Å². The van der Waals surface area contributed by atoms with Crippen LogP contribution in [0.5, 0.6) is 0 Å². The molecule has 5 heteroatoms. The van der Waals surface area contributed by atoms with Crippen LogP contribution in [0, 0.1) is 0 Å². The highest BCUT2D eigenvalue weighted by Gasteiger charge is 2.38. The van der Waals surface area contributed by atoms with Gasteiger partial charge >= 0.3 is 0 Å². The Morgan fingerprint density at radius 2 is 1.83 bits per heavy atom. The number of hydrogen-bond acceptors (Lipinski definition) is 4. The fourth-order valence-corrected chi connectivity index (χ4v) is 3.16. The van der Waals surface area contributed by atoms with E-state index in [4.69, 9.17) is 4.74 Å². The number of likely N-dealkylation sites (tertiary alicyclic amines) is 1. The van der Waals surface area contributed by atoms with Crippen molar-refractivity contribution in [3.63, 3.8) is 0 Å². The molecule has 3 rings (SSSR count). The number of piperidine rings is 1. The molecule has 1 fully saturated rings. The summed E-state index contributed by atoms with van der Waals surface area (Å²) >= 11 is 0. The van der Waals surface area contributed by atoms with Crippen LogP contribution in [0.25, 0.3) is 0 Å². The number of ether oxygens (including phenoxy) is 1. The molecule has 1 atom stereocenters. The molecule has 2 heterocycles. The van der Waals surface area contributed by atoms with Gasteiger partial charge in [0.25, 0.3) is 5.91 Å². The smallest absolute Gasteiger partial charge is 0.256 e. The van der Waals surface area contributed by atoms with E-state index in [9.17, 15) is 9.90 Å². The van der Waals surface area contributed by atoms with Gasteiger partial charge in [-0.05, 0) is 30.5 Å². The molecule has 126 valence electrons. The van der Waals surface area contributed by atoms with E-state index in [0.717, 1.165) is 5.56 Å². The monoisotopic (exact) mass is 326 g/mol. The molecule has 0 aliphatic carbocycles. The number of pyridine rings is 1. The number of nitrogens with zero attached hydrogens (tertiary/aromatic N) is 2. The first-order valence-corrected chi connectivity index (χ1v) is 8.14. The van der Waals surface area contributed by atoms with Crippen molar-refractivity contribution in [1.29, 1.82) is 0 Å². The van der Waals surface area contributed by atoms with Crippen molar-refractivity contribution in [2.75, 3.05) is 20.2 Å². The summed E-state index contributed by atoms with van der Waals surface area (Å²) in [6.45, 7) is 0.969. The fraction of sp³-hybridized carbons (Fsp3) is 0.368. The molecule has 2 aromatic rings. The Bertz CT molecular complexity index is 668. The SMILES string of the molecule is CO[C@@H](C(=O)N1CCC(O)(c2ccccn2)CC1)c1ccccc1. The van der Waals surface area contributed by atoms with Crippen LogP contribution in [0.4, 0.5) is 0 Å². The molecule has 1 N–H and O–H groups in total. The summed E-state index contributed by atoms with van der Waals surface area (Å²) in [5.41, 5.74) is 0.548. The normalized spacial score (nSPS) is 18.2. The van der Waals surface area contributed by atoms with Gasteiger partial charge in [0.05, 0.1) is 5.69 Å². The molecule has 0 unspecified atom stereocenters. The Labute approximate surface area is 141 Å². The number of benzene rings is 1. The first-order valence-electron chi connectivity index (χ1n) is 8.14. The van der Waals surface area contributed by atoms with Gasteiger partial charge in [0.2, 0.25) is 0 Å². The van der Waals surface area contributed by atoms with Crippen molar-refractivity contribution in [3.05, 3.63) is 66.0 Å². The van der Waals surface area contributed by atoms with Gasteiger partial charge in [-0.15, -0.1) is 0 Å². The highest BCUT2D eigenvalue weighted by Crippen LogP contribution is 2.32. The largest absolute Gasteiger partial charge is 0.383 e. The molecule has 1 saturated heterocycles. The van der Waals surface area contributed by atoms with Crippen molar-refractivity contribution in [1.82, 2.24) is 9.88 Å². The third-order valence-electron chi connectivity index (χ3n) is 4.61. The van der Waals surface area contributed by atoms with Gasteiger partial charge in [-0.2, -0.15) is 0 Å². The molecule has 24 heavy (non-hydrogen) atoms. The molecule has 1 aromatic heterocycles. The molecular weight excluding hydrogens is 304 g/mol. The van der Waals surface area contributed by atoms with E-state index in [-0.39, 0.29) is 5.91 Å². The van der Waals surface area contributed by atoms with Crippen LogP contribution in [0.1, 0.15) is 30.2 Å². The van der Waals surface area contributed by atoms with Crippen LogP contribution >= 0.6 is 0 Å². The van der Waals surface area contributed by atoms with Crippen molar-refractivity contribution >= 4 is 5.91 Å². The van der Waals surface area contributed by atoms with Gasteiger partial charge in [-0.3, -0.25) is 9.78 Å². The molecule has 0 bridgehead atoms. The highest BCUT2D eigenvalue weighted by molar-refractivity contribution is 5.82. The summed E-state index contributed by atoms with van der Waals surface area (Å²) in [7, 11) is 1.55. The van der Waals surface area contributed by atoms with E-state index < -0.39 is 11.7 Å². The topological polar surface area (TPSA) is 62.7 Å². The summed E-state index contributed by atoms with van der Waals surface area (Å²) in [5.74, 6) is -0.0632. The molecular formula is C19H22N2O3. The summed E-state index contributed by atoms with van der Waals surface area (Å²) < 4.78 is 5.42. The number of carbonyl (C=O) groups excluding carboxylic acids is 1. The summed E-state index contributed by atoms with van der Waals surface area (Å²) in [6.07, 6.45) is 2.02. The Hall–Kier alpha value is -2.24. The summed E-state index contributed by atoms with van der Waals surface area (Å²) in [5, 5.41) is 10.8.